The van der Waals surface area contributed by atoms with E-state index >= 15 is 0 Å². The van der Waals surface area contributed by atoms with Crippen molar-refractivity contribution in [3.63, 3.8) is 0 Å². The number of ether oxygens (including phenoxy) is 1. The van der Waals surface area contributed by atoms with Gasteiger partial charge in [-0.25, -0.2) is 4.79 Å². The van der Waals surface area contributed by atoms with Crippen LogP contribution in [0.4, 0.5) is 4.79 Å². The first kappa shape index (κ1) is 13.3. The fourth-order valence-electron chi connectivity index (χ4n) is 1.24. The van der Waals surface area contributed by atoms with Gasteiger partial charge in [-0.05, 0) is 26.8 Å². The summed E-state index contributed by atoms with van der Waals surface area (Å²) >= 11 is 0. The monoisotopic (exact) mass is 238 g/mol. The molecular formula is C12H18N2O3. The number of carbonyl (C=O) groups is 1. The lowest BCUT2D eigenvalue weighted by Gasteiger charge is -2.19. The van der Waals surface area contributed by atoms with Gasteiger partial charge in [0.05, 0.1) is 0 Å². The maximum absolute atomic E-state index is 11.3. The third-order valence-electron chi connectivity index (χ3n) is 1.92. The van der Waals surface area contributed by atoms with Crippen LogP contribution in [0.1, 0.15) is 20.8 Å². The second-order valence-corrected chi connectivity index (χ2v) is 4.66. The highest BCUT2D eigenvalue weighted by atomic mass is 16.6. The number of hydrogen-bond donors (Lipinski definition) is 1. The van der Waals surface area contributed by atoms with Gasteiger partial charge in [0.2, 0.25) is 0 Å². The maximum atomic E-state index is 11.3. The summed E-state index contributed by atoms with van der Waals surface area (Å²) in [6.07, 6.45) is 1.21. The largest absolute Gasteiger partial charge is 0.444 e. The van der Waals surface area contributed by atoms with Crippen LogP contribution in [0.2, 0.25) is 0 Å². The summed E-state index contributed by atoms with van der Waals surface area (Å²) in [5.41, 5.74) is -0.591. The molecule has 0 atom stereocenters. The van der Waals surface area contributed by atoms with Crippen LogP contribution in [0, 0.1) is 0 Å². The van der Waals surface area contributed by atoms with Gasteiger partial charge < -0.3 is 14.6 Å². The van der Waals surface area contributed by atoms with Crippen LogP contribution in [-0.2, 0) is 11.3 Å². The quantitative estimate of drug-likeness (QED) is 0.865. The topological polar surface area (TPSA) is 60.3 Å². The zero-order chi connectivity index (χ0) is 12.9. The molecule has 0 aliphatic rings. The van der Waals surface area contributed by atoms with Gasteiger partial charge in [0.1, 0.15) is 5.60 Å². The second-order valence-electron chi connectivity index (χ2n) is 4.66. The molecule has 0 spiro atoms. The van der Waals surface area contributed by atoms with Crippen molar-refractivity contribution in [3.8, 4) is 0 Å². The Balaban J connectivity index is 2.36. The minimum absolute atomic E-state index is 0.0847. The molecule has 0 aliphatic carbocycles. The average Bonchev–Trinajstić information content (AvgIpc) is 2.18. The van der Waals surface area contributed by atoms with E-state index < -0.39 is 11.7 Å². The van der Waals surface area contributed by atoms with E-state index in [1.807, 2.05) is 0 Å². The molecule has 0 unspecified atom stereocenters. The number of hydrogen-bond acceptors (Lipinski definition) is 3. The predicted molar refractivity (Wildman–Crippen MR) is 64.9 cm³/mol. The Labute approximate surface area is 100 Å². The Morgan fingerprint density at radius 2 is 2.12 bits per heavy atom. The molecule has 5 nitrogen and oxygen atoms in total. The molecule has 0 aromatic carbocycles. The van der Waals surface area contributed by atoms with Crippen LogP contribution >= 0.6 is 0 Å². The van der Waals surface area contributed by atoms with Gasteiger partial charge >= 0.3 is 6.09 Å². The summed E-state index contributed by atoms with van der Waals surface area (Å²) in [6.45, 7) is 6.19. The lowest BCUT2D eigenvalue weighted by Crippen LogP contribution is -2.35. The van der Waals surface area contributed by atoms with E-state index in [1.165, 1.54) is 10.6 Å². The first-order valence-corrected chi connectivity index (χ1v) is 5.51. The SMILES string of the molecule is CC(C)(C)OC(=O)NCCn1ccccc1=O. The van der Waals surface area contributed by atoms with Crippen LogP contribution in [0.25, 0.3) is 0 Å². The van der Waals surface area contributed by atoms with E-state index in [-0.39, 0.29) is 5.56 Å². The highest BCUT2D eigenvalue weighted by Gasteiger charge is 2.15. The predicted octanol–water partition coefficient (Wildman–Crippen LogP) is 1.37. The number of pyridine rings is 1. The van der Waals surface area contributed by atoms with E-state index in [4.69, 9.17) is 4.74 Å². The maximum Gasteiger partial charge on any atom is 0.407 e. The number of nitrogens with one attached hydrogen (secondary N) is 1. The summed E-state index contributed by atoms with van der Waals surface area (Å²) in [6, 6.07) is 4.93. The average molecular weight is 238 g/mol. The van der Waals surface area contributed by atoms with E-state index in [1.54, 1.807) is 39.1 Å². The minimum Gasteiger partial charge on any atom is -0.444 e. The van der Waals surface area contributed by atoms with Gasteiger partial charge in [0.15, 0.2) is 0 Å². The zero-order valence-corrected chi connectivity index (χ0v) is 10.4. The van der Waals surface area contributed by atoms with Gasteiger partial charge in [-0.3, -0.25) is 4.79 Å². The first-order valence-electron chi connectivity index (χ1n) is 5.51. The van der Waals surface area contributed by atoms with Gasteiger partial charge in [-0.15, -0.1) is 0 Å². The summed E-state index contributed by atoms with van der Waals surface area (Å²) < 4.78 is 6.59. The van der Waals surface area contributed by atoms with Crippen LogP contribution in [0.15, 0.2) is 29.2 Å². The van der Waals surface area contributed by atoms with Crippen molar-refractivity contribution in [3.05, 3.63) is 34.7 Å². The van der Waals surface area contributed by atoms with Crippen LogP contribution < -0.4 is 10.9 Å². The third-order valence-corrected chi connectivity index (χ3v) is 1.92. The van der Waals surface area contributed by atoms with Crippen molar-refractivity contribution >= 4 is 6.09 Å². The second kappa shape index (κ2) is 5.52. The van der Waals surface area contributed by atoms with Gasteiger partial charge in [-0.1, -0.05) is 6.07 Å². The molecule has 1 amide bonds. The highest BCUT2D eigenvalue weighted by molar-refractivity contribution is 5.67. The summed E-state index contributed by atoms with van der Waals surface area (Å²) in [5, 5.41) is 2.59. The number of aromatic nitrogens is 1. The number of carbonyl (C=O) groups excluding carboxylic acids is 1. The Hall–Kier alpha value is -1.78. The van der Waals surface area contributed by atoms with Crippen molar-refractivity contribution in [1.29, 1.82) is 0 Å². The van der Waals surface area contributed by atoms with E-state index in [0.717, 1.165) is 0 Å². The fraction of sp³-hybridized carbons (Fsp3) is 0.500. The third kappa shape index (κ3) is 5.19. The summed E-state index contributed by atoms with van der Waals surface area (Å²) in [7, 11) is 0. The van der Waals surface area contributed by atoms with E-state index in [9.17, 15) is 9.59 Å². The van der Waals surface area contributed by atoms with Crippen molar-refractivity contribution in [2.45, 2.75) is 32.9 Å². The normalized spacial score (nSPS) is 11.0. The van der Waals surface area contributed by atoms with Crippen molar-refractivity contribution in [1.82, 2.24) is 9.88 Å². The van der Waals surface area contributed by atoms with E-state index in [2.05, 4.69) is 5.32 Å². The molecule has 1 N–H and O–H groups in total. The molecule has 0 radical (unpaired) electrons. The standard InChI is InChI=1S/C12H18N2O3/c1-12(2,3)17-11(16)13-7-9-14-8-5-4-6-10(14)15/h4-6,8H,7,9H2,1-3H3,(H,13,16). The zero-order valence-electron chi connectivity index (χ0n) is 10.4. The molecule has 0 fully saturated rings. The Kier molecular flexibility index (Phi) is 4.31. The number of amides is 1. The summed E-state index contributed by atoms with van der Waals surface area (Å²) in [4.78, 5) is 22.7. The first-order chi connectivity index (χ1) is 7.88. The van der Waals surface area contributed by atoms with Crippen molar-refractivity contribution in [2.24, 2.45) is 0 Å². The molecule has 0 bridgehead atoms. The molecule has 0 saturated carbocycles. The molecular weight excluding hydrogens is 220 g/mol. The van der Waals surface area contributed by atoms with Gasteiger partial charge in [0.25, 0.3) is 5.56 Å². The number of nitrogens with zero attached hydrogens (tertiary/aromatic N) is 1. The molecule has 94 valence electrons. The molecule has 0 saturated heterocycles. The Morgan fingerprint density at radius 3 is 2.71 bits per heavy atom. The van der Waals surface area contributed by atoms with Crippen LogP contribution in [0.5, 0.6) is 0 Å². The van der Waals surface area contributed by atoms with Crippen molar-refractivity contribution < 1.29 is 9.53 Å². The number of alkyl carbamates (subject to hydrolysis) is 1. The lowest BCUT2D eigenvalue weighted by molar-refractivity contribution is 0.0526. The fourth-order valence-corrected chi connectivity index (χ4v) is 1.24. The lowest BCUT2D eigenvalue weighted by atomic mass is 10.2. The van der Waals surface area contributed by atoms with Crippen LogP contribution in [0.3, 0.4) is 0 Å². The molecule has 1 rings (SSSR count). The molecule has 17 heavy (non-hydrogen) atoms. The minimum atomic E-state index is -0.506. The highest BCUT2D eigenvalue weighted by Crippen LogP contribution is 2.05. The molecule has 1 aromatic heterocycles. The van der Waals surface area contributed by atoms with Gasteiger partial charge in [0, 0.05) is 25.4 Å². The molecule has 1 aromatic rings. The number of rotatable bonds is 3. The Bertz CT molecular complexity index is 432. The molecule has 0 aliphatic heterocycles. The smallest absolute Gasteiger partial charge is 0.407 e. The Morgan fingerprint density at radius 1 is 1.41 bits per heavy atom. The summed E-state index contributed by atoms with van der Waals surface area (Å²) in [5.74, 6) is 0. The van der Waals surface area contributed by atoms with Crippen LogP contribution in [-0.4, -0.2) is 22.8 Å². The molecule has 1 heterocycles. The molecule has 5 heteroatoms. The van der Waals surface area contributed by atoms with E-state index in [0.29, 0.717) is 13.1 Å². The van der Waals surface area contributed by atoms with Crippen molar-refractivity contribution in [2.75, 3.05) is 6.54 Å². The van der Waals surface area contributed by atoms with Gasteiger partial charge in [-0.2, -0.15) is 0 Å².